The van der Waals surface area contributed by atoms with Crippen molar-refractivity contribution in [1.29, 1.82) is 0 Å². The van der Waals surface area contributed by atoms with Crippen LogP contribution in [0.2, 0.25) is 0 Å². The molecule has 0 unspecified atom stereocenters. The zero-order valence-electron chi connectivity index (χ0n) is 15.1. The Morgan fingerprint density at radius 2 is 1.75 bits per heavy atom. The summed E-state index contributed by atoms with van der Waals surface area (Å²) in [5, 5.41) is 18.9. The van der Waals surface area contributed by atoms with Crippen LogP contribution >= 0.6 is 0 Å². The van der Waals surface area contributed by atoms with Crippen molar-refractivity contribution >= 4 is 23.0 Å². The van der Waals surface area contributed by atoms with E-state index in [-0.39, 0.29) is 25.4 Å². The molecule has 0 saturated carbocycles. The number of rotatable bonds is 8. The van der Waals surface area contributed by atoms with Gasteiger partial charge in [-0.15, -0.1) is 15.0 Å². The van der Waals surface area contributed by atoms with Crippen LogP contribution in [0.15, 0.2) is 55.1 Å². The number of nitrogens with zero attached hydrogens (tertiary/aromatic N) is 3. The lowest BCUT2D eigenvalue weighted by molar-refractivity contribution is -0.149. The minimum atomic E-state index is -0.562. The second kappa shape index (κ2) is 8.81. The Balaban J connectivity index is 1.59. The Hall–Kier alpha value is -3.68. The molecule has 2 aromatic carbocycles. The van der Waals surface area contributed by atoms with E-state index in [2.05, 4.69) is 16.8 Å². The number of aromatic nitrogens is 3. The fourth-order valence-electron chi connectivity index (χ4n) is 2.53. The second-order valence-corrected chi connectivity index (χ2v) is 5.89. The van der Waals surface area contributed by atoms with Crippen LogP contribution in [0.4, 0.5) is 0 Å². The summed E-state index contributed by atoms with van der Waals surface area (Å²) in [5.74, 6) is -0.935. The predicted octanol–water partition coefficient (Wildman–Crippen LogP) is 2.33. The summed E-state index contributed by atoms with van der Waals surface area (Å²) in [7, 11) is 0. The number of hydrogen-bond donors (Lipinski definition) is 1. The van der Waals surface area contributed by atoms with Crippen LogP contribution in [0.3, 0.4) is 0 Å². The molecule has 0 aliphatic rings. The quantitative estimate of drug-likeness (QED) is 0.363. The predicted molar refractivity (Wildman–Crippen MR) is 101 cm³/mol. The van der Waals surface area contributed by atoms with Crippen molar-refractivity contribution in [3.05, 3.63) is 60.7 Å². The van der Waals surface area contributed by atoms with Crippen LogP contribution in [-0.2, 0) is 25.5 Å². The van der Waals surface area contributed by atoms with Gasteiger partial charge in [0.25, 0.3) is 0 Å². The Morgan fingerprint density at radius 3 is 2.43 bits per heavy atom. The topological polar surface area (TPSA) is 104 Å². The Labute approximate surface area is 161 Å². The van der Waals surface area contributed by atoms with E-state index >= 15 is 0 Å². The molecule has 3 aromatic rings. The van der Waals surface area contributed by atoms with E-state index in [1.165, 1.54) is 4.80 Å². The van der Waals surface area contributed by atoms with Crippen LogP contribution in [0.5, 0.6) is 5.75 Å². The van der Waals surface area contributed by atoms with Gasteiger partial charge in [0.2, 0.25) is 0 Å². The maximum absolute atomic E-state index is 11.8. The second-order valence-electron chi connectivity index (χ2n) is 5.89. The molecule has 1 aromatic heterocycles. The van der Waals surface area contributed by atoms with Crippen LogP contribution < -0.4 is 0 Å². The molecule has 8 nitrogen and oxygen atoms in total. The number of carbonyl (C=O) groups excluding carboxylic acids is 2. The lowest BCUT2D eigenvalue weighted by Gasteiger charge is -2.08. The summed E-state index contributed by atoms with van der Waals surface area (Å²) in [6.07, 6.45) is 1.61. The van der Waals surface area contributed by atoms with Crippen molar-refractivity contribution in [1.82, 2.24) is 15.0 Å². The number of carbonyl (C=O) groups is 2. The van der Waals surface area contributed by atoms with Crippen LogP contribution in [0, 0.1) is 0 Å². The van der Waals surface area contributed by atoms with E-state index in [0.717, 1.165) is 11.6 Å². The first kappa shape index (κ1) is 19.1. The number of benzene rings is 2. The molecule has 0 fully saturated rings. The monoisotopic (exact) mass is 381 g/mol. The van der Waals surface area contributed by atoms with Crippen LogP contribution in [-0.4, -0.2) is 45.3 Å². The highest BCUT2D eigenvalue weighted by atomic mass is 16.6. The van der Waals surface area contributed by atoms with E-state index in [1.54, 1.807) is 18.2 Å². The largest absolute Gasteiger partial charge is 0.506 e. The molecule has 0 amide bonds. The molecule has 8 heteroatoms. The normalized spacial score (nSPS) is 10.6. The molecule has 0 aliphatic carbocycles. The molecule has 0 radical (unpaired) electrons. The minimum Gasteiger partial charge on any atom is -0.506 e. The summed E-state index contributed by atoms with van der Waals surface area (Å²) in [5.41, 5.74) is 2.68. The Bertz CT molecular complexity index is 979. The average molecular weight is 381 g/mol. The number of fused-ring (bicyclic) bond motifs is 1. The molecule has 0 spiro atoms. The van der Waals surface area contributed by atoms with Crippen LogP contribution in [0.25, 0.3) is 16.7 Å². The molecule has 0 atom stereocenters. The van der Waals surface area contributed by atoms with E-state index < -0.39 is 11.9 Å². The summed E-state index contributed by atoms with van der Waals surface area (Å²) < 4.78 is 9.74. The maximum atomic E-state index is 11.8. The number of aromatic hydroxyl groups is 1. The van der Waals surface area contributed by atoms with Gasteiger partial charge in [-0.25, -0.2) is 4.79 Å². The van der Waals surface area contributed by atoms with Gasteiger partial charge in [-0.1, -0.05) is 24.8 Å². The molecule has 0 saturated heterocycles. The number of phenols is 1. The lowest BCUT2D eigenvalue weighted by atomic mass is 10.1. The summed E-state index contributed by atoms with van der Waals surface area (Å²) >= 11 is 0. The molecular formula is C20H19N3O5. The molecule has 28 heavy (non-hydrogen) atoms. The highest BCUT2D eigenvalue weighted by Gasteiger charge is 2.11. The molecule has 1 heterocycles. The molecular weight excluding hydrogens is 362 g/mol. The average Bonchev–Trinajstić information content (AvgIpc) is 3.14. The van der Waals surface area contributed by atoms with E-state index in [9.17, 15) is 14.7 Å². The smallest absolute Gasteiger partial charge is 0.330 e. The highest BCUT2D eigenvalue weighted by Crippen LogP contribution is 2.23. The number of esters is 2. The number of phenolic OH excluding ortho intramolecular Hbond substituents is 1. The summed E-state index contributed by atoms with van der Waals surface area (Å²) in [6.45, 7) is 3.25. The van der Waals surface area contributed by atoms with Gasteiger partial charge in [0.05, 0.1) is 0 Å². The summed E-state index contributed by atoms with van der Waals surface area (Å²) in [6, 6.07) is 12.4. The van der Waals surface area contributed by atoms with Crippen LogP contribution in [0.1, 0.15) is 12.0 Å². The van der Waals surface area contributed by atoms with Crippen molar-refractivity contribution in [2.45, 2.75) is 12.8 Å². The van der Waals surface area contributed by atoms with E-state index in [4.69, 9.17) is 9.47 Å². The van der Waals surface area contributed by atoms with Gasteiger partial charge in [0.15, 0.2) is 0 Å². The third kappa shape index (κ3) is 4.73. The van der Waals surface area contributed by atoms with Crippen molar-refractivity contribution in [2.24, 2.45) is 0 Å². The highest BCUT2D eigenvalue weighted by molar-refractivity contribution is 5.81. The zero-order valence-corrected chi connectivity index (χ0v) is 15.1. The molecule has 1 N–H and O–H groups in total. The third-order valence-electron chi connectivity index (χ3n) is 3.92. The number of aryl methyl sites for hydroxylation is 1. The Kier molecular flexibility index (Phi) is 6.01. The van der Waals surface area contributed by atoms with E-state index in [0.29, 0.717) is 23.1 Å². The minimum absolute atomic E-state index is 0.0109. The first-order valence-electron chi connectivity index (χ1n) is 8.66. The standard InChI is InChI=1S/C20H19N3O5/c1-2-19(25)27-11-12-28-20(26)10-8-14-7-9-18(24)17(13-14)23-21-15-5-3-4-6-16(15)22-23/h2-7,9,13,24H,1,8,10-12H2. The fourth-order valence-corrected chi connectivity index (χ4v) is 2.53. The lowest BCUT2D eigenvalue weighted by Crippen LogP contribution is -2.13. The third-order valence-corrected chi connectivity index (χ3v) is 3.92. The van der Waals surface area contributed by atoms with Crippen molar-refractivity contribution < 1.29 is 24.2 Å². The SMILES string of the molecule is C=CC(=O)OCCOC(=O)CCc1ccc(O)c(-n2nc3ccccc3n2)c1. The van der Waals surface area contributed by atoms with Gasteiger partial charge in [0.1, 0.15) is 35.7 Å². The Morgan fingerprint density at radius 1 is 1.07 bits per heavy atom. The van der Waals surface area contributed by atoms with Gasteiger partial charge >= 0.3 is 11.9 Å². The number of hydrogen-bond acceptors (Lipinski definition) is 7. The van der Waals surface area contributed by atoms with Crippen molar-refractivity contribution in [3.63, 3.8) is 0 Å². The molecule has 144 valence electrons. The van der Waals surface area contributed by atoms with Gasteiger partial charge in [-0.2, -0.15) is 0 Å². The van der Waals surface area contributed by atoms with Gasteiger partial charge in [0, 0.05) is 12.5 Å². The fraction of sp³-hybridized carbons (Fsp3) is 0.200. The zero-order chi connectivity index (χ0) is 19.9. The maximum Gasteiger partial charge on any atom is 0.330 e. The summed E-state index contributed by atoms with van der Waals surface area (Å²) in [4.78, 5) is 24.1. The first-order chi connectivity index (χ1) is 13.6. The first-order valence-corrected chi connectivity index (χ1v) is 8.66. The van der Waals surface area contributed by atoms with Gasteiger partial charge in [-0.3, -0.25) is 4.79 Å². The molecule has 3 rings (SSSR count). The van der Waals surface area contributed by atoms with E-state index in [1.807, 2.05) is 24.3 Å². The van der Waals surface area contributed by atoms with Gasteiger partial charge < -0.3 is 14.6 Å². The van der Waals surface area contributed by atoms with Crippen molar-refractivity contribution in [3.8, 4) is 11.4 Å². The number of ether oxygens (including phenoxy) is 2. The van der Waals surface area contributed by atoms with Gasteiger partial charge in [-0.05, 0) is 36.2 Å². The molecule has 0 bridgehead atoms. The van der Waals surface area contributed by atoms with Crippen molar-refractivity contribution in [2.75, 3.05) is 13.2 Å². The molecule has 0 aliphatic heterocycles.